The number of hydrogen-bond acceptors (Lipinski definition) is 9. The van der Waals surface area contributed by atoms with Gasteiger partial charge in [0.05, 0.1) is 31.7 Å². The molecule has 0 radical (unpaired) electrons. The van der Waals surface area contributed by atoms with Crippen LogP contribution < -0.4 is 0 Å². The van der Waals surface area contributed by atoms with Crippen LogP contribution in [0.1, 0.15) is 104 Å². The minimum Gasteiger partial charge on any atom is -0.469 e. The number of ether oxygens (including phenoxy) is 5. The van der Waals surface area contributed by atoms with Crippen molar-refractivity contribution < 1.29 is 41.1 Å². The highest BCUT2D eigenvalue weighted by Gasteiger charge is 2.45. The number of rotatable bonds is 18. The summed E-state index contributed by atoms with van der Waals surface area (Å²) in [6.07, 6.45) is 20.4. The van der Waals surface area contributed by atoms with Crippen molar-refractivity contribution in [2.45, 2.75) is 135 Å². The predicted molar refractivity (Wildman–Crippen MR) is 166 cm³/mol. The Hall–Kier alpha value is -1.30. The largest absolute Gasteiger partial charge is 0.469 e. The van der Waals surface area contributed by atoms with Gasteiger partial charge in [0.25, 0.3) is 10.1 Å². The molecule has 8 atom stereocenters. The van der Waals surface area contributed by atoms with Crippen molar-refractivity contribution >= 4 is 16.1 Å². The molecular formula is C33H56O9S. The Bertz CT molecular complexity index is 953. The van der Waals surface area contributed by atoms with Crippen LogP contribution >= 0.6 is 0 Å². The van der Waals surface area contributed by atoms with E-state index in [0.717, 1.165) is 77.1 Å². The lowest BCUT2D eigenvalue weighted by Gasteiger charge is -2.31. The standard InChI is InChI=1S/C33H56O9S/c1-5-6-15-25(2)28(40-32-18-11-13-22-38-32)21-20-27-26(16-9-7-8-10-17-31(34)37-3)30(42-43(4,35)36)24-29(27)41-33-19-12-14-23-39-33/h7,9,20-21,25-30,32-33H,5-6,8,10-19,22-24H2,1-4H3/t25-,26+,27+,28+,29+,30+,32?,33?/m0/s1. The summed E-state index contributed by atoms with van der Waals surface area (Å²) in [6.45, 7) is 5.83. The van der Waals surface area contributed by atoms with Gasteiger partial charge in [-0.1, -0.05) is 51.0 Å². The fourth-order valence-corrected chi connectivity index (χ4v) is 6.95. The monoisotopic (exact) mass is 628 g/mol. The van der Waals surface area contributed by atoms with E-state index in [-0.39, 0.29) is 42.6 Å². The SMILES string of the molecule is CCCC[C@H](C)[C@@H](C=C[C@@H]1[C@@H](CC=CCCCC(=O)OC)[C@H](OS(C)(=O)=O)C[C@H]1OC1CCCCO1)OC1CCCCO1. The van der Waals surface area contributed by atoms with Crippen LogP contribution in [-0.2, 0) is 42.8 Å². The van der Waals surface area contributed by atoms with E-state index in [4.69, 9.17) is 27.9 Å². The molecule has 0 aromatic carbocycles. The molecule has 3 fully saturated rings. The highest BCUT2D eigenvalue weighted by atomic mass is 32.2. The van der Waals surface area contributed by atoms with Crippen LogP contribution in [0.4, 0.5) is 0 Å². The zero-order valence-corrected chi connectivity index (χ0v) is 27.6. The van der Waals surface area contributed by atoms with Gasteiger partial charge >= 0.3 is 5.97 Å². The van der Waals surface area contributed by atoms with Crippen molar-refractivity contribution in [3.8, 4) is 0 Å². The summed E-state index contributed by atoms with van der Waals surface area (Å²) < 4.78 is 60.0. The zero-order chi connectivity index (χ0) is 31.1. The molecule has 0 amide bonds. The lowest BCUT2D eigenvalue weighted by molar-refractivity contribution is -0.193. The van der Waals surface area contributed by atoms with E-state index < -0.39 is 16.2 Å². The number of carbonyl (C=O) groups excluding carboxylic acids is 1. The number of hydrogen-bond donors (Lipinski definition) is 0. The summed E-state index contributed by atoms with van der Waals surface area (Å²) >= 11 is 0. The Morgan fingerprint density at radius 1 is 1.00 bits per heavy atom. The van der Waals surface area contributed by atoms with Crippen LogP contribution in [0.2, 0.25) is 0 Å². The van der Waals surface area contributed by atoms with Crippen molar-refractivity contribution in [1.29, 1.82) is 0 Å². The maximum Gasteiger partial charge on any atom is 0.305 e. The summed E-state index contributed by atoms with van der Waals surface area (Å²) in [7, 11) is -2.28. The van der Waals surface area contributed by atoms with Crippen LogP contribution in [0.5, 0.6) is 0 Å². The number of methoxy groups -OCH3 is 1. The highest BCUT2D eigenvalue weighted by molar-refractivity contribution is 7.86. The molecule has 0 bridgehead atoms. The van der Waals surface area contributed by atoms with E-state index in [0.29, 0.717) is 38.2 Å². The topological polar surface area (TPSA) is 107 Å². The van der Waals surface area contributed by atoms with Gasteiger partial charge < -0.3 is 23.7 Å². The van der Waals surface area contributed by atoms with Gasteiger partial charge in [-0.05, 0) is 76.0 Å². The molecule has 1 aliphatic carbocycles. The van der Waals surface area contributed by atoms with Gasteiger partial charge in [0.2, 0.25) is 0 Å². The zero-order valence-electron chi connectivity index (χ0n) is 26.8. The third kappa shape index (κ3) is 13.3. The Morgan fingerprint density at radius 2 is 1.72 bits per heavy atom. The average Bonchev–Trinajstić information content (AvgIpc) is 3.29. The molecule has 10 heteroatoms. The third-order valence-corrected chi connectivity index (χ3v) is 9.32. The maximum absolute atomic E-state index is 12.3. The van der Waals surface area contributed by atoms with Gasteiger partial charge in [-0.25, -0.2) is 0 Å². The lowest BCUT2D eigenvalue weighted by Crippen LogP contribution is -2.32. The second-order valence-corrected chi connectivity index (χ2v) is 14.0. The minimum atomic E-state index is -3.67. The number of unbranched alkanes of at least 4 members (excludes halogenated alkanes) is 2. The summed E-state index contributed by atoms with van der Waals surface area (Å²) in [5.74, 6) is -0.118. The Balaban J connectivity index is 1.83. The molecule has 9 nitrogen and oxygen atoms in total. The molecule has 0 aromatic heterocycles. The van der Waals surface area contributed by atoms with Crippen molar-refractivity contribution in [2.24, 2.45) is 17.8 Å². The fourth-order valence-electron chi connectivity index (χ4n) is 6.28. The first-order valence-electron chi connectivity index (χ1n) is 16.5. The van der Waals surface area contributed by atoms with Crippen LogP contribution in [0, 0.1) is 17.8 Å². The molecule has 2 saturated heterocycles. The molecular weight excluding hydrogens is 572 g/mol. The molecule has 3 aliphatic rings. The molecule has 1 saturated carbocycles. The van der Waals surface area contributed by atoms with Gasteiger partial charge in [0.1, 0.15) is 0 Å². The van der Waals surface area contributed by atoms with Crippen LogP contribution in [0.25, 0.3) is 0 Å². The fraction of sp³-hybridized carbons (Fsp3) is 0.848. The van der Waals surface area contributed by atoms with Crippen molar-refractivity contribution in [3.63, 3.8) is 0 Å². The lowest BCUT2D eigenvalue weighted by atomic mass is 9.88. The van der Waals surface area contributed by atoms with E-state index in [1.807, 2.05) is 0 Å². The molecule has 3 rings (SSSR count). The van der Waals surface area contributed by atoms with Gasteiger partial charge in [-0.2, -0.15) is 8.42 Å². The molecule has 2 unspecified atom stereocenters. The van der Waals surface area contributed by atoms with E-state index in [9.17, 15) is 13.2 Å². The van der Waals surface area contributed by atoms with Crippen molar-refractivity contribution in [3.05, 3.63) is 24.3 Å². The summed E-state index contributed by atoms with van der Waals surface area (Å²) in [5.41, 5.74) is 0. The van der Waals surface area contributed by atoms with Gasteiger partial charge in [-0.3, -0.25) is 8.98 Å². The normalized spacial score (nSPS) is 30.1. The quantitative estimate of drug-likeness (QED) is 0.0731. The van der Waals surface area contributed by atoms with Crippen molar-refractivity contribution in [2.75, 3.05) is 26.6 Å². The Kier molecular flexibility index (Phi) is 16.2. The number of esters is 1. The Labute approximate surface area is 260 Å². The van der Waals surface area contributed by atoms with Crippen LogP contribution in [0.3, 0.4) is 0 Å². The molecule has 2 aliphatic heterocycles. The maximum atomic E-state index is 12.3. The second kappa shape index (κ2) is 19.3. The highest BCUT2D eigenvalue weighted by Crippen LogP contribution is 2.42. The number of carbonyl (C=O) groups is 1. The molecule has 0 spiro atoms. The first kappa shape index (κ1) is 36.2. The molecule has 0 N–H and O–H groups in total. The van der Waals surface area contributed by atoms with E-state index in [2.05, 4.69) is 38.2 Å². The molecule has 248 valence electrons. The van der Waals surface area contributed by atoms with E-state index in [1.165, 1.54) is 7.11 Å². The first-order valence-corrected chi connectivity index (χ1v) is 18.3. The van der Waals surface area contributed by atoms with E-state index in [1.54, 1.807) is 0 Å². The van der Waals surface area contributed by atoms with E-state index >= 15 is 0 Å². The molecule has 43 heavy (non-hydrogen) atoms. The Morgan fingerprint density at radius 3 is 2.35 bits per heavy atom. The predicted octanol–water partition coefficient (Wildman–Crippen LogP) is 6.46. The summed E-state index contributed by atoms with van der Waals surface area (Å²) in [6, 6.07) is 0. The number of allylic oxidation sites excluding steroid dienone is 2. The van der Waals surface area contributed by atoms with Gasteiger partial charge in [0.15, 0.2) is 12.6 Å². The first-order chi connectivity index (χ1) is 20.7. The molecule has 2 heterocycles. The van der Waals surface area contributed by atoms with Gasteiger partial charge in [-0.15, -0.1) is 0 Å². The van der Waals surface area contributed by atoms with Crippen LogP contribution in [0.15, 0.2) is 24.3 Å². The smallest absolute Gasteiger partial charge is 0.305 e. The van der Waals surface area contributed by atoms with Crippen molar-refractivity contribution in [1.82, 2.24) is 0 Å². The van der Waals surface area contributed by atoms with Gasteiger partial charge in [0, 0.05) is 32.0 Å². The average molecular weight is 629 g/mol. The second-order valence-electron chi connectivity index (χ2n) is 12.4. The summed E-state index contributed by atoms with van der Waals surface area (Å²) in [4.78, 5) is 11.5. The third-order valence-electron chi connectivity index (χ3n) is 8.73. The van der Waals surface area contributed by atoms with Crippen LogP contribution in [-0.4, -0.2) is 71.9 Å². The summed E-state index contributed by atoms with van der Waals surface area (Å²) in [5, 5.41) is 0. The minimum absolute atomic E-state index is 0.0891. The molecule has 0 aromatic rings.